The SMILES string of the molecule is CCCCCOc1[c-]c2ccccc2cc1.[Zn+][Br]. The summed E-state index contributed by atoms with van der Waals surface area (Å²) in [6, 6.07) is 15.6. The van der Waals surface area contributed by atoms with E-state index in [1.54, 1.807) is 0 Å². The summed E-state index contributed by atoms with van der Waals surface area (Å²) in [5.41, 5.74) is 0. The monoisotopic (exact) mass is 356 g/mol. The van der Waals surface area contributed by atoms with Gasteiger partial charge in [0.05, 0.1) is 6.61 Å². The number of fused-ring (bicyclic) bond motifs is 1. The van der Waals surface area contributed by atoms with Crippen LogP contribution in [0.1, 0.15) is 26.2 Å². The molecule has 0 fully saturated rings. The van der Waals surface area contributed by atoms with Crippen molar-refractivity contribution >= 4 is 24.4 Å². The van der Waals surface area contributed by atoms with Gasteiger partial charge in [-0.05, 0) is 6.42 Å². The topological polar surface area (TPSA) is 9.23 Å². The molecule has 3 heteroatoms. The number of halogens is 1. The number of unbranched alkanes of at least 4 members (excludes halogenated alkanes) is 2. The van der Waals surface area contributed by atoms with Crippen molar-refractivity contribution in [3.8, 4) is 5.75 Å². The van der Waals surface area contributed by atoms with E-state index < -0.39 is 0 Å². The summed E-state index contributed by atoms with van der Waals surface area (Å²) in [5, 5.41) is 2.33. The second-order valence-corrected chi connectivity index (χ2v) is 3.97. The predicted molar refractivity (Wildman–Crippen MR) is 76.7 cm³/mol. The molecule has 1 nitrogen and oxygen atoms in total. The zero-order chi connectivity index (χ0) is 13.2. The summed E-state index contributed by atoms with van der Waals surface area (Å²) >= 11 is 4.25. The molecule has 0 atom stereocenters. The third kappa shape index (κ3) is 5.08. The van der Waals surface area contributed by atoms with Gasteiger partial charge in [0.1, 0.15) is 0 Å². The summed E-state index contributed by atoms with van der Waals surface area (Å²) in [7, 11) is 0. The van der Waals surface area contributed by atoms with E-state index in [0.29, 0.717) is 0 Å². The molecule has 18 heavy (non-hydrogen) atoms. The van der Waals surface area contributed by atoms with Gasteiger partial charge in [-0.3, -0.25) is 0 Å². The summed E-state index contributed by atoms with van der Waals surface area (Å²) in [6.45, 7) is 2.99. The van der Waals surface area contributed by atoms with Crippen LogP contribution >= 0.6 is 13.6 Å². The molecule has 0 saturated heterocycles. The Morgan fingerprint density at radius 3 is 2.67 bits per heavy atom. The van der Waals surface area contributed by atoms with Crippen LogP contribution in [0.4, 0.5) is 0 Å². The fraction of sp³-hybridized carbons (Fsp3) is 0.333. The van der Waals surface area contributed by atoms with Crippen molar-refractivity contribution in [1.29, 1.82) is 0 Å². The van der Waals surface area contributed by atoms with Crippen molar-refractivity contribution < 1.29 is 21.1 Å². The number of rotatable bonds is 5. The van der Waals surface area contributed by atoms with Gasteiger partial charge in [-0.2, -0.15) is 0 Å². The van der Waals surface area contributed by atoms with E-state index in [9.17, 15) is 0 Å². The summed E-state index contributed by atoms with van der Waals surface area (Å²) in [5.74, 6) is 0.856. The molecular formula is C15H17BrOZn. The molecule has 0 N–H and O–H groups in total. The van der Waals surface area contributed by atoms with E-state index in [4.69, 9.17) is 4.74 Å². The standard InChI is InChI=1S/C15H17O.BrH.Zn/c1-2-3-6-11-16-15-10-9-13-7-4-5-8-14(13)12-15;;/h4-5,7-10H,2-3,6,11H2,1H3;1H;/q-1;;+2/p-1. The van der Waals surface area contributed by atoms with Crippen LogP contribution in [0.5, 0.6) is 5.75 Å². The summed E-state index contributed by atoms with van der Waals surface area (Å²) in [6.07, 6.45) is 3.58. The van der Waals surface area contributed by atoms with Crippen molar-refractivity contribution in [3.05, 3.63) is 42.5 Å². The van der Waals surface area contributed by atoms with Crippen LogP contribution in [0.3, 0.4) is 0 Å². The quantitative estimate of drug-likeness (QED) is 0.413. The molecule has 0 heterocycles. The number of ether oxygens (including phenoxy) is 1. The van der Waals surface area contributed by atoms with E-state index in [0.717, 1.165) is 24.2 Å². The Labute approximate surface area is 126 Å². The first-order valence-electron chi connectivity index (χ1n) is 6.21. The average Bonchev–Trinajstić information content (AvgIpc) is 2.46. The van der Waals surface area contributed by atoms with Crippen LogP contribution in [0.25, 0.3) is 10.8 Å². The van der Waals surface area contributed by atoms with Gasteiger partial charge < -0.3 is 4.74 Å². The van der Waals surface area contributed by atoms with E-state index in [2.05, 4.69) is 44.8 Å². The van der Waals surface area contributed by atoms with Crippen LogP contribution in [0.2, 0.25) is 0 Å². The van der Waals surface area contributed by atoms with Gasteiger partial charge in [-0.25, -0.2) is 0 Å². The second-order valence-electron chi connectivity index (χ2n) is 3.97. The molecule has 0 saturated carbocycles. The van der Waals surface area contributed by atoms with Gasteiger partial charge >= 0.3 is 30.0 Å². The third-order valence-electron chi connectivity index (χ3n) is 2.64. The van der Waals surface area contributed by atoms with E-state index >= 15 is 0 Å². The number of hydrogen-bond acceptors (Lipinski definition) is 1. The van der Waals surface area contributed by atoms with E-state index in [1.807, 2.05) is 18.2 Å². The van der Waals surface area contributed by atoms with Crippen LogP contribution in [0, 0.1) is 6.07 Å². The molecule has 0 unspecified atom stereocenters. The maximum absolute atomic E-state index is 5.66. The Bertz CT molecular complexity index is 459. The molecule has 0 radical (unpaired) electrons. The van der Waals surface area contributed by atoms with Gasteiger partial charge in [-0.15, -0.1) is 35.0 Å². The number of benzene rings is 2. The molecule has 2 aromatic rings. The molecule has 0 bridgehead atoms. The molecule has 92 valence electrons. The Morgan fingerprint density at radius 2 is 1.89 bits per heavy atom. The van der Waals surface area contributed by atoms with Crippen molar-refractivity contribution in [2.75, 3.05) is 6.61 Å². The Morgan fingerprint density at radius 1 is 1.11 bits per heavy atom. The molecule has 2 rings (SSSR count). The normalized spacial score (nSPS) is 9.78. The molecule has 0 aliphatic rings. The molecular weight excluding hydrogens is 341 g/mol. The first-order valence-corrected chi connectivity index (χ1v) is 13.2. The van der Waals surface area contributed by atoms with Crippen LogP contribution in [-0.2, 0) is 16.3 Å². The molecule has 0 aliphatic heterocycles. The Hall–Kier alpha value is -0.397. The van der Waals surface area contributed by atoms with Crippen LogP contribution in [-0.4, -0.2) is 6.61 Å². The maximum atomic E-state index is 5.66. The van der Waals surface area contributed by atoms with Gasteiger partial charge in [0.15, 0.2) is 0 Å². The summed E-state index contributed by atoms with van der Waals surface area (Å²) < 4.78 is 5.66. The molecule has 0 amide bonds. The van der Waals surface area contributed by atoms with Gasteiger partial charge in [-0.1, -0.05) is 38.0 Å². The van der Waals surface area contributed by atoms with Crippen molar-refractivity contribution in [2.45, 2.75) is 26.2 Å². The molecule has 0 spiro atoms. The fourth-order valence-corrected chi connectivity index (χ4v) is 1.71. The van der Waals surface area contributed by atoms with Gasteiger partial charge in [0.25, 0.3) is 0 Å². The van der Waals surface area contributed by atoms with Crippen molar-refractivity contribution in [2.24, 2.45) is 0 Å². The van der Waals surface area contributed by atoms with E-state index in [1.165, 1.54) is 34.6 Å². The summed E-state index contributed by atoms with van der Waals surface area (Å²) in [4.78, 5) is 0. The average molecular weight is 359 g/mol. The zero-order valence-corrected chi connectivity index (χ0v) is 15.3. The molecule has 2 aromatic carbocycles. The third-order valence-corrected chi connectivity index (χ3v) is 2.64. The Balaban J connectivity index is 0.000000771. The van der Waals surface area contributed by atoms with Crippen molar-refractivity contribution in [1.82, 2.24) is 0 Å². The molecule has 0 aliphatic carbocycles. The van der Waals surface area contributed by atoms with Crippen LogP contribution < -0.4 is 4.74 Å². The number of hydrogen-bond donors (Lipinski definition) is 0. The molecule has 0 aromatic heterocycles. The first kappa shape index (κ1) is 15.7. The Kier molecular flexibility index (Phi) is 8.28. The first-order chi connectivity index (χ1) is 8.90. The predicted octanol–water partition coefficient (Wildman–Crippen LogP) is 5.05. The minimum absolute atomic E-state index is 0.794. The van der Waals surface area contributed by atoms with Gasteiger partial charge in [0.2, 0.25) is 0 Å². The fourth-order valence-electron chi connectivity index (χ4n) is 1.71. The van der Waals surface area contributed by atoms with Crippen LogP contribution in [0.15, 0.2) is 36.4 Å². The second kappa shape index (κ2) is 9.52. The van der Waals surface area contributed by atoms with Gasteiger partial charge in [0, 0.05) is 5.75 Å². The zero-order valence-electron chi connectivity index (χ0n) is 10.8. The van der Waals surface area contributed by atoms with Crippen molar-refractivity contribution in [3.63, 3.8) is 0 Å². The van der Waals surface area contributed by atoms with E-state index in [-0.39, 0.29) is 0 Å². The minimum atomic E-state index is 0.794.